The van der Waals surface area contributed by atoms with Crippen LogP contribution in [0.5, 0.6) is 0 Å². The third kappa shape index (κ3) is 2.52. The molecule has 0 fully saturated rings. The molecule has 0 radical (unpaired) electrons. The summed E-state index contributed by atoms with van der Waals surface area (Å²) < 4.78 is 32.3. The van der Waals surface area contributed by atoms with E-state index in [4.69, 9.17) is 4.74 Å². The number of aromatic amines is 1. The smallest absolute Gasteiger partial charge is 0.306 e. The summed E-state index contributed by atoms with van der Waals surface area (Å²) in [6.07, 6.45) is 2.81. The molecule has 0 saturated heterocycles. The lowest BCUT2D eigenvalue weighted by atomic mass is 9.85. The molecular weight excluding hydrogens is 276 g/mol. The fourth-order valence-corrected chi connectivity index (χ4v) is 3.21. The SMILES string of the molecule is CCOC(=O)CC1CCCc2c1[nH]c1c(F)cc(F)cc21. The number of hydrogen-bond donors (Lipinski definition) is 1. The Hall–Kier alpha value is -1.91. The number of aromatic nitrogens is 1. The van der Waals surface area contributed by atoms with E-state index in [1.165, 1.54) is 6.07 Å². The number of carbonyl (C=O) groups excluding carboxylic acids is 1. The van der Waals surface area contributed by atoms with E-state index < -0.39 is 11.6 Å². The lowest BCUT2D eigenvalue weighted by Crippen LogP contribution is -2.15. The summed E-state index contributed by atoms with van der Waals surface area (Å²) in [6, 6.07) is 2.24. The molecule has 0 saturated carbocycles. The molecule has 1 atom stereocenters. The topological polar surface area (TPSA) is 42.1 Å². The van der Waals surface area contributed by atoms with Gasteiger partial charge in [-0.25, -0.2) is 8.78 Å². The van der Waals surface area contributed by atoms with E-state index in [0.29, 0.717) is 17.5 Å². The summed E-state index contributed by atoms with van der Waals surface area (Å²) in [5.41, 5.74) is 2.12. The molecule has 1 unspecified atom stereocenters. The standard InChI is InChI=1S/C16H17F2NO2/c1-2-21-14(20)6-9-4-3-5-11-12-7-10(17)8-13(18)16(12)19-15(9)11/h7-9,19H,2-6H2,1H3. The van der Waals surface area contributed by atoms with Gasteiger partial charge in [-0.2, -0.15) is 0 Å². The fourth-order valence-electron chi connectivity index (χ4n) is 3.21. The van der Waals surface area contributed by atoms with Crippen LogP contribution in [0.2, 0.25) is 0 Å². The van der Waals surface area contributed by atoms with Gasteiger partial charge in [0, 0.05) is 23.1 Å². The van der Waals surface area contributed by atoms with Gasteiger partial charge in [0.1, 0.15) is 11.6 Å². The molecule has 5 heteroatoms. The van der Waals surface area contributed by atoms with E-state index >= 15 is 0 Å². The van der Waals surface area contributed by atoms with E-state index in [0.717, 1.165) is 36.6 Å². The van der Waals surface area contributed by atoms with Crippen molar-refractivity contribution in [2.45, 2.75) is 38.5 Å². The number of halogens is 2. The van der Waals surface area contributed by atoms with Gasteiger partial charge in [-0.1, -0.05) is 0 Å². The molecule has 21 heavy (non-hydrogen) atoms. The Kier molecular flexibility index (Phi) is 3.66. The Balaban J connectivity index is 2.02. The zero-order chi connectivity index (χ0) is 15.0. The maximum atomic E-state index is 13.9. The Labute approximate surface area is 121 Å². The average Bonchev–Trinajstić information content (AvgIpc) is 2.79. The minimum Gasteiger partial charge on any atom is -0.466 e. The van der Waals surface area contributed by atoms with E-state index in [-0.39, 0.29) is 18.3 Å². The lowest BCUT2D eigenvalue weighted by molar-refractivity contribution is -0.143. The van der Waals surface area contributed by atoms with Crippen LogP contribution >= 0.6 is 0 Å². The Morgan fingerprint density at radius 2 is 2.24 bits per heavy atom. The van der Waals surface area contributed by atoms with Crippen LogP contribution in [0.15, 0.2) is 12.1 Å². The van der Waals surface area contributed by atoms with Crippen LogP contribution in [0.1, 0.15) is 43.4 Å². The van der Waals surface area contributed by atoms with Crippen LogP contribution in [-0.4, -0.2) is 17.6 Å². The zero-order valence-corrected chi connectivity index (χ0v) is 11.8. The fraction of sp³-hybridized carbons (Fsp3) is 0.438. The number of H-pyrrole nitrogens is 1. The number of rotatable bonds is 3. The van der Waals surface area contributed by atoms with Crippen LogP contribution in [0.3, 0.4) is 0 Å². The van der Waals surface area contributed by atoms with Crippen LogP contribution in [0, 0.1) is 11.6 Å². The van der Waals surface area contributed by atoms with Crippen LogP contribution in [0.4, 0.5) is 8.78 Å². The van der Waals surface area contributed by atoms with E-state index in [2.05, 4.69) is 4.98 Å². The molecule has 1 aromatic heterocycles. The molecule has 1 aromatic carbocycles. The summed E-state index contributed by atoms with van der Waals surface area (Å²) in [4.78, 5) is 14.7. The summed E-state index contributed by atoms with van der Waals surface area (Å²) in [5, 5.41) is 0.594. The summed E-state index contributed by atoms with van der Waals surface area (Å²) in [5.74, 6) is -1.42. The van der Waals surface area contributed by atoms with Crippen molar-refractivity contribution >= 4 is 16.9 Å². The predicted molar refractivity (Wildman–Crippen MR) is 75.1 cm³/mol. The lowest BCUT2D eigenvalue weighted by Gasteiger charge is -2.21. The van der Waals surface area contributed by atoms with Crippen molar-refractivity contribution in [3.63, 3.8) is 0 Å². The number of esters is 1. The summed E-state index contributed by atoms with van der Waals surface area (Å²) in [6.45, 7) is 2.12. The molecule has 0 spiro atoms. The first kappa shape index (κ1) is 14.0. The van der Waals surface area contributed by atoms with Gasteiger partial charge in [0.05, 0.1) is 18.5 Å². The van der Waals surface area contributed by atoms with Crippen molar-refractivity contribution in [2.24, 2.45) is 0 Å². The molecule has 112 valence electrons. The van der Waals surface area contributed by atoms with Gasteiger partial charge in [-0.05, 0) is 37.8 Å². The van der Waals surface area contributed by atoms with Gasteiger partial charge in [0.15, 0.2) is 0 Å². The van der Waals surface area contributed by atoms with Crippen LogP contribution in [0.25, 0.3) is 10.9 Å². The molecule has 1 aliphatic rings. The molecule has 1 heterocycles. The molecule has 0 bridgehead atoms. The van der Waals surface area contributed by atoms with Crippen molar-refractivity contribution < 1.29 is 18.3 Å². The quantitative estimate of drug-likeness (QED) is 0.874. The first-order valence-electron chi connectivity index (χ1n) is 7.25. The number of nitrogens with one attached hydrogen (secondary N) is 1. The zero-order valence-electron chi connectivity index (χ0n) is 11.8. The second kappa shape index (κ2) is 5.47. The van der Waals surface area contributed by atoms with E-state index in [1.54, 1.807) is 6.92 Å². The normalized spacial score (nSPS) is 17.8. The van der Waals surface area contributed by atoms with Gasteiger partial charge in [0.2, 0.25) is 0 Å². The Morgan fingerprint density at radius 1 is 1.43 bits per heavy atom. The summed E-state index contributed by atoms with van der Waals surface area (Å²) >= 11 is 0. The third-order valence-corrected chi connectivity index (χ3v) is 4.07. The maximum absolute atomic E-state index is 13.9. The molecule has 3 rings (SSSR count). The van der Waals surface area contributed by atoms with Crippen molar-refractivity contribution in [2.75, 3.05) is 6.61 Å². The Morgan fingerprint density at radius 3 is 3.00 bits per heavy atom. The number of hydrogen-bond acceptors (Lipinski definition) is 2. The van der Waals surface area contributed by atoms with Crippen LogP contribution < -0.4 is 0 Å². The van der Waals surface area contributed by atoms with Gasteiger partial charge in [-0.3, -0.25) is 4.79 Å². The van der Waals surface area contributed by atoms with Gasteiger partial charge in [-0.15, -0.1) is 0 Å². The van der Waals surface area contributed by atoms with Crippen molar-refractivity contribution in [1.29, 1.82) is 0 Å². The molecule has 3 nitrogen and oxygen atoms in total. The first-order valence-corrected chi connectivity index (χ1v) is 7.25. The van der Waals surface area contributed by atoms with Crippen LogP contribution in [-0.2, 0) is 16.0 Å². The van der Waals surface area contributed by atoms with Crippen molar-refractivity contribution in [3.05, 3.63) is 35.0 Å². The molecule has 1 N–H and O–H groups in total. The predicted octanol–water partition coefficient (Wildman–Crippen LogP) is 3.82. The maximum Gasteiger partial charge on any atom is 0.306 e. The second-order valence-electron chi connectivity index (χ2n) is 5.43. The average molecular weight is 293 g/mol. The molecular formula is C16H17F2NO2. The van der Waals surface area contributed by atoms with E-state index in [1.807, 2.05) is 0 Å². The van der Waals surface area contributed by atoms with Gasteiger partial charge >= 0.3 is 5.97 Å². The first-order chi connectivity index (χ1) is 10.1. The highest BCUT2D eigenvalue weighted by Crippen LogP contribution is 2.38. The number of aryl methyl sites for hydroxylation is 1. The second-order valence-corrected chi connectivity index (χ2v) is 5.43. The van der Waals surface area contributed by atoms with Crippen molar-refractivity contribution in [1.82, 2.24) is 4.98 Å². The van der Waals surface area contributed by atoms with E-state index in [9.17, 15) is 13.6 Å². The van der Waals surface area contributed by atoms with Crippen molar-refractivity contribution in [3.8, 4) is 0 Å². The number of fused-ring (bicyclic) bond motifs is 3. The molecule has 2 aromatic rings. The third-order valence-electron chi connectivity index (χ3n) is 4.07. The molecule has 0 aliphatic heterocycles. The highest BCUT2D eigenvalue weighted by atomic mass is 19.1. The Bertz CT molecular complexity index is 693. The minimum absolute atomic E-state index is 0.0114. The molecule has 0 amide bonds. The summed E-state index contributed by atoms with van der Waals surface area (Å²) in [7, 11) is 0. The van der Waals surface area contributed by atoms with Gasteiger partial charge < -0.3 is 9.72 Å². The largest absolute Gasteiger partial charge is 0.466 e. The number of carbonyl (C=O) groups is 1. The molecule has 1 aliphatic carbocycles. The highest BCUT2D eigenvalue weighted by molar-refractivity contribution is 5.86. The minimum atomic E-state index is -0.589. The number of benzene rings is 1. The number of ether oxygens (including phenoxy) is 1. The monoisotopic (exact) mass is 293 g/mol. The highest BCUT2D eigenvalue weighted by Gasteiger charge is 2.27. The van der Waals surface area contributed by atoms with Gasteiger partial charge in [0.25, 0.3) is 0 Å².